The Morgan fingerprint density at radius 1 is 0.844 bits per heavy atom. The number of ether oxygens (including phenoxy) is 1. The monoisotopic (exact) mass is 457 g/mol. The Balaban J connectivity index is 1.72. The molecule has 0 bridgehead atoms. The molecule has 0 heterocycles. The van der Waals surface area contributed by atoms with E-state index in [9.17, 15) is 18.4 Å². The van der Waals surface area contributed by atoms with Gasteiger partial charge in [0.25, 0.3) is 5.91 Å². The minimum atomic E-state index is -1.12. The van der Waals surface area contributed by atoms with Gasteiger partial charge in [0.1, 0.15) is 5.75 Å². The summed E-state index contributed by atoms with van der Waals surface area (Å²) in [5.41, 5.74) is 1.44. The van der Waals surface area contributed by atoms with Crippen molar-refractivity contribution in [3.05, 3.63) is 83.4 Å². The zero-order valence-corrected chi connectivity index (χ0v) is 17.4. The number of carboxylic acids is 1. The Morgan fingerprint density at radius 3 is 2.12 bits per heavy atom. The van der Waals surface area contributed by atoms with Crippen LogP contribution in [-0.4, -0.2) is 29.2 Å². The van der Waals surface area contributed by atoms with Gasteiger partial charge in [0.05, 0.1) is 18.4 Å². The van der Waals surface area contributed by atoms with Crippen molar-refractivity contribution in [2.24, 2.45) is 0 Å². The Bertz CT molecular complexity index is 1190. The van der Waals surface area contributed by atoms with Crippen molar-refractivity contribution in [1.29, 1.82) is 0 Å². The van der Waals surface area contributed by atoms with Crippen LogP contribution in [0.1, 0.15) is 20.7 Å². The molecular formula is C22H17F2N3O4S. The number of carbonyl (C=O) groups excluding carboxylic acids is 1. The van der Waals surface area contributed by atoms with E-state index in [1.54, 1.807) is 30.3 Å². The molecule has 0 saturated heterocycles. The van der Waals surface area contributed by atoms with Gasteiger partial charge in [-0.2, -0.15) is 0 Å². The molecule has 0 unspecified atom stereocenters. The van der Waals surface area contributed by atoms with Gasteiger partial charge in [-0.05, 0) is 72.9 Å². The largest absolute Gasteiger partial charge is 0.495 e. The first-order chi connectivity index (χ1) is 15.3. The molecule has 0 aliphatic heterocycles. The van der Waals surface area contributed by atoms with Gasteiger partial charge in [-0.15, -0.1) is 0 Å². The lowest BCUT2D eigenvalue weighted by molar-refractivity contribution is 0.0696. The molecule has 3 rings (SSSR count). The van der Waals surface area contributed by atoms with Crippen molar-refractivity contribution >= 4 is 46.3 Å². The molecule has 0 aromatic heterocycles. The summed E-state index contributed by atoms with van der Waals surface area (Å²) in [5, 5.41) is 17.6. The Morgan fingerprint density at radius 2 is 1.50 bits per heavy atom. The molecule has 0 aliphatic carbocycles. The normalized spacial score (nSPS) is 10.2. The van der Waals surface area contributed by atoms with Crippen LogP contribution in [0.15, 0.2) is 60.7 Å². The highest BCUT2D eigenvalue weighted by atomic mass is 32.1. The molecule has 32 heavy (non-hydrogen) atoms. The van der Waals surface area contributed by atoms with Gasteiger partial charge in [0.2, 0.25) is 0 Å². The molecule has 0 saturated carbocycles. The van der Waals surface area contributed by atoms with E-state index in [0.29, 0.717) is 22.8 Å². The number of thiocarbonyl (C=S) groups is 1. The third-order valence-electron chi connectivity index (χ3n) is 4.28. The molecule has 4 N–H and O–H groups in total. The minimum absolute atomic E-state index is 0.0452. The summed E-state index contributed by atoms with van der Waals surface area (Å²) < 4.78 is 31.8. The summed E-state index contributed by atoms with van der Waals surface area (Å²) >= 11 is 5.29. The lowest BCUT2D eigenvalue weighted by atomic mass is 10.2. The van der Waals surface area contributed by atoms with E-state index >= 15 is 0 Å². The number of halogens is 2. The standard InChI is InChI=1S/C22H17F2N3O4S/c1-31-19-9-7-15(25-20(28)13-4-8-16(23)17(24)10-13)11-18(19)27-22(32)26-14-5-2-12(3-6-14)21(29)30/h2-11H,1H3,(H,25,28)(H,29,30)(H2,26,27,32). The topological polar surface area (TPSA) is 99.7 Å². The predicted molar refractivity (Wildman–Crippen MR) is 121 cm³/mol. The first-order valence-corrected chi connectivity index (χ1v) is 9.53. The van der Waals surface area contributed by atoms with Gasteiger partial charge in [-0.3, -0.25) is 4.79 Å². The molecule has 0 fully saturated rings. The van der Waals surface area contributed by atoms with E-state index in [2.05, 4.69) is 16.0 Å². The molecule has 1 amide bonds. The maximum atomic E-state index is 13.4. The lowest BCUT2D eigenvalue weighted by Gasteiger charge is -2.15. The van der Waals surface area contributed by atoms with Crippen molar-refractivity contribution in [3.63, 3.8) is 0 Å². The molecule has 3 aromatic carbocycles. The highest BCUT2D eigenvalue weighted by molar-refractivity contribution is 7.80. The van der Waals surface area contributed by atoms with E-state index < -0.39 is 23.5 Å². The Labute approximate surface area is 187 Å². The summed E-state index contributed by atoms with van der Waals surface area (Å²) in [5.74, 6) is -3.40. The van der Waals surface area contributed by atoms with Crippen LogP contribution in [0.3, 0.4) is 0 Å². The first kappa shape index (κ1) is 22.6. The van der Waals surface area contributed by atoms with Gasteiger partial charge in [0, 0.05) is 16.9 Å². The third kappa shape index (κ3) is 5.55. The van der Waals surface area contributed by atoms with E-state index in [1.165, 1.54) is 25.3 Å². The van der Waals surface area contributed by atoms with Crippen molar-refractivity contribution in [3.8, 4) is 5.75 Å². The van der Waals surface area contributed by atoms with Crippen LogP contribution in [0.25, 0.3) is 0 Å². The molecule has 10 heteroatoms. The second-order valence-corrected chi connectivity index (χ2v) is 6.87. The summed E-state index contributed by atoms with van der Waals surface area (Å²) in [6, 6.07) is 13.6. The molecule has 164 valence electrons. The molecule has 0 spiro atoms. The number of amides is 1. The number of carboxylic acid groups (broad SMARTS) is 1. The van der Waals surface area contributed by atoms with Crippen LogP contribution in [0.4, 0.5) is 25.8 Å². The first-order valence-electron chi connectivity index (χ1n) is 9.12. The maximum absolute atomic E-state index is 13.4. The fourth-order valence-electron chi connectivity index (χ4n) is 2.70. The highest BCUT2D eigenvalue weighted by Gasteiger charge is 2.12. The summed E-state index contributed by atoms with van der Waals surface area (Å²) in [4.78, 5) is 23.3. The van der Waals surface area contributed by atoms with Crippen LogP contribution in [0, 0.1) is 11.6 Å². The highest BCUT2D eigenvalue weighted by Crippen LogP contribution is 2.28. The number of carbonyl (C=O) groups is 2. The quantitative estimate of drug-likeness (QED) is 0.397. The van der Waals surface area contributed by atoms with E-state index in [-0.39, 0.29) is 16.2 Å². The van der Waals surface area contributed by atoms with Crippen molar-refractivity contribution < 1.29 is 28.2 Å². The number of nitrogens with one attached hydrogen (secondary N) is 3. The van der Waals surface area contributed by atoms with Crippen molar-refractivity contribution in [2.75, 3.05) is 23.1 Å². The lowest BCUT2D eigenvalue weighted by Crippen LogP contribution is -2.20. The summed E-state index contributed by atoms with van der Waals surface area (Å²) in [6.07, 6.45) is 0. The smallest absolute Gasteiger partial charge is 0.335 e. The number of benzene rings is 3. The Hall–Kier alpha value is -4.05. The molecule has 0 atom stereocenters. The van der Waals surface area contributed by atoms with Crippen molar-refractivity contribution in [2.45, 2.75) is 0 Å². The molecular weight excluding hydrogens is 440 g/mol. The summed E-state index contributed by atoms with van der Waals surface area (Å²) in [6.45, 7) is 0. The number of hydrogen-bond acceptors (Lipinski definition) is 4. The molecule has 7 nitrogen and oxygen atoms in total. The van der Waals surface area contributed by atoms with Gasteiger partial charge in [-0.1, -0.05) is 0 Å². The fraction of sp³-hybridized carbons (Fsp3) is 0.0455. The van der Waals surface area contributed by atoms with Crippen LogP contribution < -0.4 is 20.7 Å². The number of anilines is 3. The number of aromatic carboxylic acids is 1. The molecule has 0 aliphatic rings. The fourth-order valence-corrected chi connectivity index (χ4v) is 2.93. The van der Waals surface area contributed by atoms with Crippen LogP contribution in [0.5, 0.6) is 5.75 Å². The van der Waals surface area contributed by atoms with E-state index in [0.717, 1.165) is 12.1 Å². The SMILES string of the molecule is COc1ccc(NC(=O)c2ccc(F)c(F)c2)cc1NC(=S)Nc1ccc(C(=O)O)cc1. The van der Waals surface area contributed by atoms with Crippen LogP contribution in [-0.2, 0) is 0 Å². The number of rotatable bonds is 6. The average molecular weight is 457 g/mol. The van der Waals surface area contributed by atoms with E-state index in [4.69, 9.17) is 22.1 Å². The molecule has 3 aromatic rings. The predicted octanol–water partition coefficient (Wildman–Crippen LogP) is 4.73. The van der Waals surface area contributed by atoms with Gasteiger partial charge >= 0.3 is 5.97 Å². The minimum Gasteiger partial charge on any atom is -0.495 e. The second kappa shape index (κ2) is 9.84. The molecule has 0 radical (unpaired) electrons. The van der Waals surface area contributed by atoms with Gasteiger partial charge < -0.3 is 25.8 Å². The maximum Gasteiger partial charge on any atom is 0.335 e. The average Bonchev–Trinajstić information content (AvgIpc) is 2.76. The number of hydrogen-bond donors (Lipinski definition) is 4. The second-order valence-electron chi connectivity index (χ2n) is 6.46. The third-order valence-corrected chi connectivity index (χ3v) is 4.48. The van der Waals surface area contributed by atoms with Crippen molar-refractivity contribution in [1.82, 2.24) is 0 Å². The Kier molecular flexibility index (Phi) is 6.96. The van der Waals surface area contributed by atoms with Gasteiger partial charge in [0.15, 0.2) is 16.7 Å². The number of methoxy groups -OCH3 is 1. The zero-order chi connectivity index (χ0) is 23.3. The summed E-state index contributed by atoms with van der Waals surface area (Å²) in [7, 11) is 1.46. The zero-order valence-electron chi connectivity index (χ0n) is 16.6. The van der Waals surface area contributed by atoms with Crippen LogP contribution >= 0.6 is 12.2 Å². The van der Waals surface area contributed by atoms with E-state index in [1.807, 2.05) is 0 Å². The van der Waals surface area contributed by atoms with Gasteiger partial charge in [-0.25, -0.2) is 13.6 Å². The van der Waals surface area contributed by atoms with Crippen LogP contribution in [0.2, 0.25) is 0 Å².